The largest absolute Gasteiger partial charge is 0.394 e. The fraction of sp³-hybridized carbons (Fsp3) is 0.889. The first-order valence-corrected chi connectivity index (χ1v) is 22.6. The summed E-state index contributed by atoms with van der Waals surface area (Å²) >= 11 is 0. The van der Waals surface area contributed by atoms with Crippen LogP contribution in [0.4, 0.5) is 0 Å². The Morgan fingerprint density at radius 1 is 0.611 bits per heavy atom. The number of aliphatic hydroxyl groups is 5. The van der Waals surface area contributed by atoms with E-state index in [1.807, 2.05) is 6.08 Å². The van der Waals surface area contributed by atoms with Crippen molar-refractivity contribution in [2.24, 2.45) is 0 Å². The number of amides is 1. The summed E-state index contributed by atoms with van der Waals surface area (Å²) in [6, 6.07) is -0.805. The van der Waals surface area contributed by atoms with E-state index in [1.165, 1.54) is 122 Å². The number of rotatable bonds is 37. The minimum atomic E-state index is -1.56. The molecule has 0 aliphatic carbocycles. The number of unbranched alkanes of at least 4 members (excludes halogenated alkanes) is 25. The van der Waals surface area contributed by atoms with Crippen molar-refractivity contribution in [2.75, 3.05) is 13.2 Å². The second-order valence-electron chi connectivity index (χ2n) is 15.8. The van der Waals surface area contributed by atoms with Crippen LogP contribution in [-0.2, 0) is 14.3 Å². The van der Waals surface area contributed by atoms with E-state index in [0.717, 1.165) is 57.8 Å². The first kappa shape index (κ1) is 50.7. The third-order valence-electron chi connectivity index (χ3n) is 10.8. The predicted octanol–water partition coefficient (Wildman–Crippen LogP) is 9.11. The molecule has 1 rings (SSSR count). The molecule has 54 heavy (non-hydrogen) atoms. The van der Waals surface area contributed by atoms with Crippen LogP contribution in [0.3, 0.4) is 0 Å². The lowest BCUT2D eigenvalue weighted by molar-refractivity contribution is -0.302. The molecule has 0 bridgehead atoms. The number of hydrogen-bond acceptors (Lipinski definition) is 8. The highest BCUT2D eigenvalue weighted by atomic mass is 16.7. The summed E-state index contributed by atoms with van der Waals surface area (Å²) in [5.41, 5.74) is 0. The number of hydrogen-bond donors (Lipinski definition) is 6. The van der Waals surface area contributed by atoms with Crippen molar-refractivity contribution in [2.45, 2.75) is 243 Å². The average Bonchev–Trinajstić information content (AvgIpc) is 3.17. The van der Waals surface area contributed by atoms with Gasteiger partial charge in [-0.1, -0.05) is 173 Å². The van der Waals surface area contributed by atoms with Crippen molar-refractivity contribution in [1.29, 1.82) is 0 Å². The van der Waals surface area contributed by atoms with E-state index in [2.05, 4.69) is 31.3 Å². The molecule has 1 aliphatic rings. The molecule has 7 unspecified atom stereocenters. The number of aliphatic hydroxyl groups excluding tert-OH is 5. The van der Waals surface area contributed by atoms with Gasteiger partial charge in [0.15, 0.2) is 6.29 Å². The van der Waals surface area contributed by atoms with Gasteiger partial charge in [-0.2, -0.15) is 0 Å². The molecule has 1 aliphatic heterocycles. The molecular formula is C45H85NO8. The Hall–Kier alpha value is -1.33. The molecule has 1 saturated heterocycles. The summed E-state index contributed by atoms with van der Waals surface area (Å²) in [6.45, 7) is 3.74. The van der Waals surface area contributed by atoms with Crippen LogP contribution < -0.4 is 5.32 Å². The van der Waals surface area contributed by atoms with Gasteiger partial charge in [0, 0.05) is 6.42 Å². The maximum Gasteiger partial charge on any atom is 0.220 e. The Morgan fingerprint density at radius 2 is 1.04 bits per heavy atom. The van der Waals surface area contributed by atoms with E-state index in [0.29, 0.717) is 6.42 Å². The van der Waals surface area contributed by atoms with Crippen molar-refractivity contribution >= 4 is 5.91 Å². The van der Waals surface area contributed by atoms with E-state index >= 15 is 0 Å². The van der Waals surface area contributed by atoms with Crippen LogP contribution in [0, 0.1) is 0 Å². The van der Waals surface area contributed by atoms with Crippen molar-refractivity contribution in [3.8, 4) is 0 Å². The molecule has 0 aromatic heterocycles. The average molecular weight is 768 g/mol. The van der Waals surface area contributed by atoms with Crippen LogP contribution in [0.2, 0.25) is 0 Å². The van der Waals surface area contributed by atoms with Crippen LogP contribution in [0.5, 0.6) is 0 Å². The molecule has 0 spiro atoms. The molecule has 0 aromatic rings. The quantitative estimate of drug-likeness (QED) is 0.0271. The zero-order valence-electron chi connectivity index (χ0n) is 34.7. The van der Waals surface area contributed by atoms with E-state index in [-0.39, 0.29) is 12.5 Å². The number of allylic oxidation sites excluding steroid dienone is 3. The first-order chi connectivity index (χ1) is 26.3. The normalized spacial score (nSPS) is 21.6. The highest BCUT2D eigenvalue weighted by Gasteiger charge is 2.44. The molecule has 0 aromatic carbocycles. The lowest BCUT2D eigenvalue weighted by Gasteiger charge is -2.40. The number of carbonyl (C=O) groups is 1. The lowest BCUT2D eigenvalue weighted by Crippen LogP contribution is -2.60. The molecule has 0 radical (unpaired) electrons. The molecule has 9 heteroatoms. The fourth-order valence-electron chi connectivity index (χ4n) is 7.09. The maximum absolute atomic E-state index is 12.9. The SMILES string of the molecule is CCCCC/C=C\CCCCCCCC(=O)NC(COC1OC(CO)C(O)C(O)C1O)C(O)/C=C/CCCCCCCCCCCCCCCCCCC. The number of carbonyl (C=O) groups excluding carboxylic acids is 1. The molecule has 318 valence electrons. The Morgan fingerprint density at radius 3 is 1.54 bits per heavy atom. The maximum atomic E-state index is 12.9. The van der Waals surface area contributed by atoms with Gasteiger partial charge in [-0.3, -0.25) is 4.79 Å². The standard InChI is InChI=1S/C45H85NO8/c1-3-5-7-9-11-13-15-17-18-19-20-21-22-23-24-26-28-30-32-34-39(48)38(37-53-45-44(52)43(51)42(50)40(36-47)54-45)46-41(49)35-33-31-29-27-25-16-14-12-10-8-6-4-2/h12,14,32,34,38-40,42-45,47-48,50-52H,3-11,13,15-31,33,35-37H2,1-2H3,(H,46,49)/b14-12-,34-32+. The van der Waals surface area contributed by atoms with Crippen LogP contribution in [0.25, 0.3) is 0 Å². The van der Waals surface area contributed by atoms with Crippen molar-refractivity contribution in [3.63, 3.8) is 0 Å². The van der Waals surface area contributed by atoms with Gasteiger partial charge in [-0.15, -0.1) is 0 Å². The van der Waals surface area contributed by atoms with E-state index in [4.69, 9.17) is 9.47 Å². The zero-order chi connectivity index (χ0) is 39.5. The van der Waals surface area contributed by atoms with Gasteiger partial charge in [-0.25, -0.2) is 0 Å². The summed E-state index contributed by atoms with van der Waals surface area (Å²) in [6.07, 6.45) is 35.1. The summed E-state index contributed by atoms with van der Waals surface area (Å²) in [4.78, 5) is 12.9. The number of nitrogens with one attached hydrogen (secondary N) is 1. The van der Waals surface area contributed by atoms with Gasteiger partial charge in [0.05, 0.1) is 25.4 Å². The second kappa shape index (κ2) is 36.0. The Balaban J connectivity index is 2.36. The zero-order valence-corrected chi connectivity index (χ0v) is 34.7. The van der Waals surface area contributed by atoms with Gasteiger partial charge < -0.3 is 40.3 Å². The van der Waals surface area contributed by atoms with Crippen molar-refractivity contribution in [3.05, 3.63) is 24.3 Å². The van der Waals surface area contributed by atoms with E-state index < -0.39 is 49.5 Å². The smallest absolute Gasteiger partial charge is 0.220 e. The van der Waals surface area contributed by atoms with E-state index in [9.17, 15) is 30.3 Å². The van der Waals surface area contributed by atoms with Crippen LogP contribution >= 0.6 is 0 Å². The molecule has 1 fully saturated rings. The molecule has 6 N–H and O–H groups in total. The molecular weight excluding hydrogens is 682 g/mol. The fourth-order valence-corrected chi connectivity index (χ4v) is 7.09. The van der Waals surface area contributed by atoms with Crippen LogP contribution in [-0.4, -0.2) is 87.5 Å². The molecule has 0 saturated carbocycles. The van der Waals surface area contributed by atoms with Crippen LogP contribution in [0.15, 0.2) is 24.3 Å². The minimum Gasteiger partial charge on any atom is -0.394 e. The molecule has 1 amide bonds. The third-order valence-corrected chi connectivity index (χ3v) is 10.8. The second-order valence-corrected chi connectivity index (χ2v) is 15.8. The van der Waals surface area contributed by atoms with Crippen LogP contribution in [0.1, 0.15) is 200 Å². The van der Waals surface area contributed by atoms with Crippen molar-refractivity contribution < 1.29 is 39.8 Å². The third kappa shape index (κ3) is 26.5. The highest BCUT2D eigenvalue weighted by Crippen LogP contribution is 2.22. The summed E-state index contributed by atoms with van der Waals surface area (Å²) in [5.74, 6) is -0.187. The van der Waals surface area contributed by atoms with Gasteiger partial charge in [0.2, 0.25) is 5.91 Å². The van der Waals surface area contributed by atoms with Gasteiger partial charge in [-0.05, 0) is 44.9 Å². The summed E-state index contributed by atoms with van der Waals surface area (Å²) in [5, 5.41) is 54.1. The lowest BCUT2D eigenvalue weighted by atomic mass is 9.99. The van der Waals surface area contributed by atoms with Gasteiger partial charge >= 0.3 is 0 Å². The van der Waals surface area contributed by atoms with E-state index in [1.54, 1.807) is 6.08 Å². The summed E-state index contributed by atoms with van der Waals surface area (Å²) in [7, 11) is 0. The molecule has 7 atom stereocenters. The predicted molar refractivity (Wildman–Crippen MR) is 221 cm³/mol. The Kier molecular flexibility index (Phi) is 33.8. The minimum absolute atomic E-state index is 0.187. The topological polar surface area (TPSA) is 149 Å². The van der Waals surface area contributed by atoms with Crippen molar-refractivity contribution in [1.82, 2.24) is 5.32 Å². The summed E-state index contributed by atoms with van der Waals surface area (Å²) < 4.78 is 11.2. The number of ether oxygens (including phenoxy) is 2. The molecule has 9 nitrogen and oxygen atoms in total. The Bertz CT molecular complexity index is 899. The Labute approximate surface area is 330 Å². The van der Waals surface area contributed by atoms with Gasteiger partial charge in [0.1, 0.15) is 24.4 Å². The van der Waals surface area contributed by atoms with Gasteiger partial charge in [0.25, 0.3) is 0 Å². The first-order valence-electron chi connectivity index (χ1n) is 22.6. The molecule has 1 heterocycles. The monoisotopic (exact) mass is 768 g/mol. The highest BCUT2D eigenvalue weighted by molar-refractivity contribution is 5.76.